The monoisotopic (exact) mass is 303 g/mol. The van der Waals surface area contributed by atoms with Crippen molar-refractivity contribution in [1.29, 1.82) is 0 Å². The fourth-order valence-electron chi connectivity index (χ4n) is 2.10. The van der Waals surface area contributed by atoms with Gasteiger partial charge in [0.15, 0.2) is 0 Å². The summed E-state index contributed by atoms with van der Waals surface area (Å²) in [6.07, 6.45) is 3.91. The van der Waals surface area contributed by atoms with Crippen LogP contribution in [-0.4, -0.2) is 16.5 Å². The summed E-state index contributed by atoms with van der Waals surface area (Å²) in [5, 5.41) is 6.79. The quantitative estimate of drug-likeness (QED) is 0.775. The maximum atomic E-state index is 4.46. The highest BCUT2D eigenvalue weighted by atomic mass is 32.1. The minimum absolute atomic E-state index is 0.451. The third-order valence-corrected chi connectivity index (χ3v) is 5.20. The minimum atomic E-state index is 0.451. The van der Waals surface area contributed by atoms with E-state index in [2.05, 4.69) is 46.6 Å². The molecule has 3 rings (SSSR count). The van der Waals surface area contributed by atoms with E-state index in [1.807, 2.05) is 12.4 Å². The van der Waals surface area contributed by atoms with Crippen LogP contribution in [0.4, 0.5) is 0 Å². The van der Waals surface area contributed by atoms with Gasteiger partial charge in [-0.15, -0.1) is 22.7 Å². The summed E-state index contributed by atoms with van der Waals surface area (Å²) in [6, 6.07) is 4.28. The van der Waals surface area contributed by atoms with Gasteiger partial charge in [0.2, 0.25) is 0 Å². The molecular weight excluding hydrogens is 286 g/mol. The van der Waals surface area contributed by atoms with E-state index in [0.29, 0.717) is 5.92 Å². The maximum Gasteiger partial charge on any atom is 0.0968 e. The molecule has 0 saturated carbocycles. The Labute approximate surface area is 126 Å². The molecule has 3 nitrogen and oxygen atoms in total. The summed E-state index contributed by atoms with van der Waals surface area (Å²) < 4.78 is 1.26. The largest absolute Gasteiger partial charge is 0.312 e. The summed E-state index contributed by atoms with van der Waals surface area (Å²) in [5.41, 5.74) is 2.33. The molecule has 0 fully saturated rings. The highest BCUT2D eigenvalue weighted by Crippen LogP contribution is 2.21. The van der Waals surface area contributed by atoms with Crippen LogP contribution in [0.5, 0.6) is 0 Å². The van der Waals surface area contributed by atoms with Crippen molar-refractivity contribution in [2.75, 3.05) is 6.54 Å². The van der Waals surface area contributed by atoms with E-state index in [4.69, 9.17) is 0 Å². The zero-order valence-electron chi connectivity index (χ0n) is 11.6. The minimum Gasteiger partial charge on any atom is -0.312 e. The summed E-state index contributed by atoms with van der Waals surface area (Å²) in [6.45, 7) is 6.11. The Morgan fingerprint density at radius 1 is 1.30 bits per heavy atom. The number of thiophene rings is 1. The molecule has 0 saturated heterocycles. The smallest absolute Gasteiger partial charge is 0.0968 e. The van der Waals surface area contributed by atoms with E-state index in [1.54, 1.807) is 22.7 Å². The van der Waals surface area contributed by atoms with Gasteiger partial charge in [-0.3, -0.25) is 4.98 Å². The SMILES string of the molecule is Cc1cnc(C(C)CNCc2cnc3ccsc3c2)s1. The normalized spacial score (nSPS) is 12.9. The number of pyridine rings is 1. The number of aryl methyl sites for hydroxylation is 1. The highest BCUT2D eigenvalue weighted by Gasteiger charge is 2.09. The van der Waals surface area contributed by atoms with Gasteiger partial charge in [0.1, 0.15) is 0 Å². The van der Waals surface area contributed by atoms with Crippen LogP contribution < -0.4 is 5.32 Å². The third-order valence-electron chi connectivity index (χ3n) is 3.20. The number of aromatic nitrogens is 2. The Morgan fingerprint density at radius 3 is 3.00 bits per heavy atom. The van der Waals surface area contributed by atoms with Gasteiger partial charge in [-0.05, 0) is 30.0 Å². The first kappa shape index (κ1) is 13.7. The molecule has 1 unspecified atom stereocenters. The van der Waals surface area contributed by atoms with Crippen LogP contribution in [0.15, 0.2) is 29.9 Å². The van der Waals surface area contributed by atoms with Crippen LogP contribution in [0.1, 0.15) is 28.3 Å². The van der Waals surface area contributed by atoms with Crippen molar-refractivity contribution in [3.63, 3.8) is 0 Å². The number of nitrogens with zero attached hydrogens (tertiary/aromatic N) is 2. The van der Waals surface area contributed by atoms with Crippen molar-refractivity contribution in [1.82, 2.24) is 15.3 Å². The second-order valence-corrected chi connectivity index (χ2v) is 7.20. The van der Waals surface area contributed by atoms with Crippen LogP contribution in [0, 0.1) is 6.92 Å². The molecule has 0 aliphatic heterocycles. The Balaban J connectivity index is 1.56. The van der Waals surface area contributed by atoms with Gasteiger partial charge in [-0.25, -0.2) is 4.98 Å². The van der Waals surface area contributed by atoms with Crippen molar-refractivity contribution in [2.45, 2.75) is 26.3 Å². The number of rotatable bonds is 5. The number of hydrogen-bond acceptors (Lipinski definition) is 5. The predicted molar refractivity (Wildman–Crippen MR) is 86.6 cm³/mol. The lowest BCUT2D eigenvalue weighted by Gasteiger charge is -2.10. The van der Waals surface area contributed by atoms with Gasteiger partial charge in [-0.2, -0.15) is 0 Å². The molecule has 3 aromatic heterocycles. The highest BCUT2D eigenvalue weighted by molar-refractivity contribution is 7.17. The Bertz CT molecular complexity index is 702. The van der Waals surface area contributed by atoms with Gasteiger partial charge in [0.05, 0.1) is 15.2 Å². The zero-order valence-corrected chi connectivity index (χ0v) is 13.2. The lowest BCUT2D eigenvalue weighted by molar-refractivity contribution is 0.612. The Hall–Kier alpha value is -1.30. The fraction of sp³-hybridized carbons (Fsp3) is 0.333. The predicted octanol–water partition coefficient (Wildman–Crippen LogP) is 3.95. The average Bonchev–Trinajstić information content (AvgIpc) is 3.06. The number of fused-ring (bicyclic) bond motifs is 1. The maximum absolute atomic E-state index is 4.46. The van der Waals surface area contributed by atoms with Gasteiger partial charge < -0.3 is 5.32 Å². The molecule has 3 aromatic rings. The molecule has 5 heteroatoms. The summed E-state index contributed by atoms with van der Waals surface area (Å²) in [7, 11) is 0. The molecule has 0 aliphatic carbocycles. The fourth-order valence-corrected chi connectivity index (χ4v) is 3.73. The molecule has 0 spiro atoms. The van der Waals surface area contributed by atoms with E-state index >= 15 is 0 Å². The van der Waals surface area contributed by atoms with Gasteiger partial charge in [0.25, 0.3) is 0 Å². The van der Waals surface area contributed by atoms with Gasteiger partial charge in [0, 0.05) is 36.3 Å². The van der Waals surface area contributed by atoms with Crippen molar-refractivity contribution in [3.8, 4) is 0 Å². The van der Waals surface area contributed by atoms with Crippen LogP contribution in [0.25, 0.3) is 10.2 Å². The third kappa shape index (κ3) is 3.06. The van der Waals surface area contributed by atoms with Crippen molar-refractivity contribution >= 4 is 32.9 Å². The Kier molecular flexibility index (Phi) is 4.10. The van der Waals surface area contributed by atoms with Crippen molar-refractivity contribution in [2.24, 2.45) is 0 Å². The molecule has 0 aliphatic rings. The second kappa shape index (κ2) is 5.99. The molecule has 1 atom stereocenters. The van der Waals surface area contributed by atoms with Crippen LogP contribution >= 0.6 is 22.7 Å². The van der Waals surface area contributed by atoms with E-state index in [-0.39, 0.29) is 0 Å². The second-order valence-electron chi connectivity index (χ2n) is 4.99. The van der Waals surface area contributed by atoms with Gasteiger partial charge in [-0.1, -0.05) is 6.92 Å². The molecule has 0 bridgehead atoms. The summed E-state index contributed by atoms with van der Waals surface area (Å²) in [4.78, 5) is 10.2. The van der Waals surface area contributed by atoms with Crippen molar-refractivity contribution < 1.29 is 0 Å². The lowest BCUT2D eigenvalue weighted by atomic mass is 10.2. The summed E-state index contributed by atoms with van der Waals surface area (Å²) in [5.74, 6) is 0.451. The van der Waals surface area contributed by atoms with E-state index in [9.17, 15) is 0 Å². The average molecular weight is 303 g/mol. The standard InChI is InChI=1S/C15H17N3S2/c1-10(15-18-7-11(2)20-15)6-16-8-12-5-14-13(17-9-12)3-4-19-14/h3-5,7,9-10,16H,6,8H2,1-2H3. The van der Waals surface area contributed by atoms with Crippen LogP contribution in [0.2, 0.25) is 0 Å². The summed E-state index contributed by atoms with van der Waals surface area (Å²) >= 11 is 3.53. The van der Waals surface area contributed by atoms with E-state index in [0.717, 1.165) is 18.6 Å². The molecule has 20 heavy (non-hydrogen) atoms. The lowest BCUT2D eigenvalue weighted by Crippen LogP contribution is -2.19. The topological polar surface area (TPSA) is 37.8 Å². The van der Waals surface area contributed by atoms with Crippen LogP contribution in [0.3, 0.4) is 0 Å². The number of thiazole rings is 1. The molecule has 3 heterocycles. The first-order valence-corrected chi connectivity index (χ1v) is 8.37. The molecule has 0 amide bonds. The Morgan fingerprint density at radius 2 is 2.20 bits per heavy atom. The van der Waals surface area contributed by atoms with Crippen molar-refractivity contribution in [3.05, 3.63) is 45.4 Å². The first-order valence-electron chi connectivity index (χ1n) is 6.67. The van der Waals surface area contributed by atoms with Crippen LogP contribution in [-0.2, 0) is 6.54 Å². The van der Waals surface area contributed by atoms with E-state index < -0.39 is 0 Å². The molecule has 0 radical (unpaired) electrons. The zero-order chi connectivity index (χ0) is 13.9. The first-order chi connectivity index (χ1) is 9.72. The number of hydrogen-bond donors (Lipinski definition) is 1. The molecule has 1 N–H and O–H groups in total. The molecule has 104 valence electrons. The number of nitrogens with one attached hydrogen (secondary N) is 1. The van der Waals surface area contributed by atoms with E-state index in [1.165, 1.54) is 20.1 Å². The molecule has 0 aromatic carbocycles. The molecular formula is C15H17N3S2. The van der Waals surface area contributed by atoms with Gasteiger partial charge >= 0.3 is 0 Å².